The summed E-state index contributed by atoms with van der Waals surface area (Å²) in [5.74, 6) is 1.58. The second-order valence-corrected chi connectivity index (χ2v) is 18.3. The van der Waals surface area contributed by atoms with Crippen LogP contribution in [-0.2, 0) is 10.8 Å². The van der Waals surface area contributed by atoms with Crippen LogP contribution in [0.2, 0.25) is 0 Å². The van der Waals surface area contributed by atoms with Crippen LogP contribution in [-0.4, -0.2) is 11.2 Å². The predicted octanol–water partition coefficient (Wildman–Crippen LogP) is 15.8. The summed E-state index contributed by atoms with van der Waals surface area (Å²) in [6, 6.07) is 67.9. The fraction of sp³-hybridized carbons (Fsp3) is 0.158. The Hall–Kier alpha value is -7.04. The summed E-state index contributed by atoms with van der Waals surface area (Å²) < 4.78 is 9.22. The van der Waals surface area contributed by atoms with Gasteiger partial charge in [-0.15, -0.1) is 0 Å². The molecule has 0 unspecified atom stereocenters. The van der Waals surface area contributed by atoms with Crippen molar-refractivity contribution in [1.82, 2.24) is 4.57 Å². The van der Waals surface area contributed by atoms with Crippen molar-refractivity contribution in [2.75, 3.05) is 16.5 Å². The molecule has 9 aromatic rings. The van der Waals surface area contributed by atoms with E-state index in [1.165, 1.54) is 61.0 Å². The van der Waals surface area contributed by atoms with Gasteiger partial charge in [0.05, 0.1) is 28.1 Å². The quantitative estimate of drug-likeness (QED) is 0.160. The first kappa shape index (κ1) is 38.2. The summed E-state index contributed by atoms with van der Waals surface area (Å²) in [5, 5.41) is 2.46. The number of rotatable bonds is 7. The van der Waals surface area contributed by atoms with Crippen molar-refractivity contribution >= 4 is 44.6 Å². The van der Waals surface area contributed by atoms with E-state index >= 15 is 0 Å². The third kappa shape index (κ3) is 7.12. The minimum atomic E-state index is 0.0245. The highest BCUT2D eigenvalue weighted by atomic mass is 16.5. The van der Waals surface area contributed by atoms with E-state index in [9.17, 15) is 0 Å². The van der Waals surface area contributed by atoms with Crippen LogP contribution in [0.1, 0.15) is 52.7 Å². The molecule has 61 heavy (non-hydrogen) atoms. The molecule has 0 radical (unpaired) electrons. The standard InChI is InChI=1S/C57H51N3O/c1-56(2,3)42-21-15-23-45(34-42)60-51-32-28-43(57(4,5)6)35-50(51)49-31-29-47(37-55(49)60)61-46-24-16-22-44(36-46)58-38-59(53-26-14-13-25-52(53)58)54-33-41(39-17-9-7-10-18-39)27-30-48(54)40-19-11-8-12-20-40/h7-37H,38H2,1-6H3. The zero-order chi connectivity index (χ0) is 41.9. The van der Waals surface area contributed by atoms with Gasteiger partial charge in [-0.1, -0.05) is 151 Å². The zero-order valence-electron chi connectivity index (χ0n) is 35.9. The largest absolute Gasteiger partial charge is 0.457 e. The highest BCUT2D eigenvalue weighted by molar-refractivity contribution is 6.10. The molecule has 8 aromatic carbocycles. The number of hydrogen-bond acceptors (Lipinski definition) is 3. The Bertz CT molecular complexity index is 3060. The van der Waals surface area contributed by atoms with E-state index in [-0.39, 0.29) is 10.8 Å². The van der Waals surface area contributed by atoms with E-state index in [0.29, 0.717) is 6.67 Å². The molecule has 0 saturated heterocycles. The number of aromatic nitrogens is 1. The highest BCUT2D eigenvalue weighted by Crippen LogP contribution is 2.48. The maximum Gasteiger partial charge on any atom is 0.129 e. The van der Waals surface area contributed by atoms with Crippen molar-refractivity contribution in [2.45, 2.75) is 52.4 Å². The van der Waals surface area contributed by atoms with Crippen LogP contribution in [0.3, 0.4) is 0 Å². The van der Waals surface area contributed by atoms with Crippen LogP contribution in [0.25, 0.3) is 49.7 Å². The number of hydrogen-bond donors (Lipinski definition) is 0. The summed E-state index contributed by atoms with van der Waals surface area (Å²) in [6.07, 6.45) is 0. The molecular weight excluding hydrogens is 743 g/mol. The van der Waals surface area contributed by atoms with Crippen molar-refractivity contribution in [3.8, 4) is 39.4 Å². The molecule has 0 amide bonds. The molecule has 0 aliphatic carbocycles. The van der Waals surface area contributed by atoms with Crippen LogP contribution >= 0.6 is 0 Å². The molecule has 1 aliphatic rings. The first-order valence-corrected chi connectivity index (χ1v) is 21.4. The van der Waals surface area contributed by atoms with E-state index in [4.69, 9.17) is 4.74 Å². The van der Waals surface area contributed by atoms with Crippen molar-refractivity contribution in [3.05, 3.63) is 199 Å². The van der Waals surface area contributed by atoms with Crippen LogP contribution in [0.15, 0.2) is 188 Å². The minimum Gasteiger partial charge on any atom is -0.457 e. The van der Waals surface area contributed by atoms with E-state index in [2.05, 4.69) is 244 Å². The van der Waals surface area contributed by atoms with Gasteiger partial charge in [-0.2, -0.15) is 0 Å². The molecule has 0 bridgehead atoms. The molecule has 0 spiro atoms. The molecule has 0 atom stereocenters. The molecule has 4 heteroatoms. The van der Waals surface area contributed by atoms with Crippen molar-refractivity contribution < 1.29 is 4.74 Å². The molecule has 0 N–H and O–H groups in total. The average Bonchev–Trinajstić information content (AvgIpc) is 3.82. The van der Waals surface area contributed by atoms with Gasteiger partial charge in [-0.05, 0) is 105 Å². The molecule has 1 aliphatic heterocycles. The van der Waals surface area contributed by atoms with Gasteiger partial charge in [-0.3, -0.25) is 0 Å². The SMILES string of the molecule is CC(C)(C)c1cccc(-n2c3ccc(C(C)(C)C)cc3c3ccc(Oc4cccc(N5CN(c6cc(-c7ccccc7)ccc6-c6ccccc6)c6ccccc65)c4)cc32)c1. The summed E-state index contributed by atoms with van der Waals surface area (Å²) in [7, 11) is 0. The summed E-state index contributed by atoms with van der Waals surface area (Å²) in [4.78, 5) is 4.84. The Morgan fingerprint density at radius 1 is 0.393 bits per heavy atom. The highest BCUT2D eigenvalue weighted by Gasteiger charge is 2.30. The summed E-state index contributed by atoms with van der Waals surface area (Å²) in [6.45, 7) is 14.3. The number of fused-ring (bicyclic) bond motifs is 4. The number of ether oxygens (including phenoxy) is 1. The molecule has 0 fully saturated rings. The zero-order valence-corrected chi connectivity index (χ0v) is 35.9. The predicted molar refractivity (Wildman–Crippen MR) is 258 cm³/mol. The lowest BCUT2D eigenvalue weighted by molar-refractivity contribution is 0.483. The van der Waals surface area contributed by atoms with Gasteiger partial charge in [0.25, 0.3) is 0 Å². The van der Waals surface area contributed by atoms with E-state index < -0.39 is 0 Å². The molecule has 2 heterocycles. The van der Waals surface area contributed by atoms with Crippen LogP contribution in [0, 0.1) is 0 Å². The van der Waals surface area contributed by atoms with Crippen molar-refractivity contribution in [2.24, 2.45) is 0 Å². The van der Waals surface area contributed by atoms with Crippen LogP contribution < -0.4 is 14.5 Å². The number of para-hydroxylation sites is 2. The second-order valence-electron chi connectivity index (χ2n) is 18.3. The van der Waals surface area contributed by atoms with E-state index in [1.54, 1.807) is 0 Å². The third-order valence-electron chi connectivity index (χ3n) is 12.2. The monoisotopic (exact) mass is 793 g/mol. The van der Waals surface area contributed by atoms with Gasteiger partial charge in [-0.25, -0.2) is 0 Å². The van der Waals surface area contributed by atoms with Gasteiger partial charge in [0.1, 0.15) is 18.2 Å². The summed E-state index contributed by atoms with van der Waals surface area (Å²) >= 11 is 0. The smallest absolute Gasteiger partial charge is 0.129 e. The Labute approximate surface area is 359 Å². The first-order chi connectivity index (χ1) is 29.5. The topological polar surface area (TPSA) is 20.6 Å². The van der Waals surface area contributed by atoms with E-state index in [0.717, 1.165) is 34.1 Å². The van der Waals surface area contributed by atoms with Crippen molar-refractivity contribution in [3.63, 3.8) is 0 Å². The van der Waals surface area contributed by atoms with Crippen molar-refractivity contribution in [1.29, 1.82) is 0 Å². The molecule has 1 aromatic heterocycles. The molecule has 300 valence electrons. The maximum atomic E-state index is 6.82. The van der Waals surface area contributed by atoms with Crippen LogP contribution in [0.4, 0.5) is 22.7 Å². The maximum absolute atomic E-state index is 6.82. The lowest BCUT2D eigenvalue weighted by Crippen LogP contribution is -2.24. The summed E-state index contributed by atoms with van der Waals surface area (Å²) in [5.41, 5.74) is 15.5. The molecular formula is C57H51N3O. The fourth-order valence-corrected chi connectivity index (χ4v) is 8.84. The molecule has 0 saturated carbocycles. The minimum absolute atomic E-state index is 0.0245. The Kier molecular flexibility index (Phi) is 9.33. The van der Waals surface area contributed by atoms with Gasteiger partial charge < -0.3 is 19.1 Å². The first-order valence-electron chi connectivity index (χ1n) is 21.4. The molecule has 10 rings (SSSR count). The van der Waals surface area contributed by atoms with Gasteiger partial charge in [0.15, 0.2) is 0 Å². The normalized spacial score (nSPS) is 13.0. The lowest BCUT2D eigenvalue weighted by Gasteiger charge is -2.25. The van der Waals surface area contributed by atoms with Gasteiger partial charge in [0, 0.05) is 39.8 Å². The van der Waals surface area contributed by atoms with Gasteiger partial charge in [0.2, 0.25) is 0 Å². The Morgan fingerprint density at radius 2 is 1.03 bits per heavy atom. The number of nitrogens with zero attached hydrogens (tertiary/aromatic N) is 3. The molecule has 4 nitrogen and oxygen atoms in total. The lowest BCUT2D eigenvalue weighted by atomic mass is 9.86. The fourth-order valence-electron chi connectivity index (χ4n) is 8.84. The Morgan fingerprint density at radius 3 is 1.77 bits per heavy atom. The number of benzene rings is 8. The average molecular weight is 794 g/mol. The Balaban J connectivity index is 1.03. The van der Waals surface area contributed by atoms with Gasteiger partial charge >= 0.3 is 0 Å². The number of anilines is 4. The van der Waals surface area contributed by atoms with E-state index in [1.807, 2.05) is 0 Å². The third-order valence-corrected chi connectivity index (χ3v) is 12.2. The second kappa shape index (κ2) is 14.9. The van der Waals surface area contributed by atoms with Crippen LogP contribution in [0.5, 0.6) is 11.5 Å².